The minimum Gasteiger partial charge on any atom is -0.207 e. The molecule has 1 aromatic rings. The number of hydrogen-bond donors (Lipinski definition) is 0. The molecule has 0 amide bonds. The van der Waals surface area contributed by atoms with Crippen molar-refractivity contribution in [2.24, 2.45) is 0 Å². The first-order valence-electron chi connectivity index (χ1n) is 2.61. The van der Waals surface area contributed by atoms with Gasteiger partial charge in [0, 0.05) is 10.9 Å². The summed E-state index contributed by atoms with van der Waals surface area (Å²) < 4.78 is 12.3. The summed E-state index contributed by atoms with van der Waals surface area (Å²) in [5, 5.41) is 0.816. The summed E-state index contributed by atoms with van der Waals surface area (Å²) in [6, 6.07) is 2.88. The maximum Gasteiger partial charge on any atom is 0.214 e. The van der Waals surface area contributed by atoms with Gasteiger partial charge in [-0.15, -0.1) is 0 Å². The maximum atomic E-state index is 12.3. The van der Waals surface area contributed by atoms with Gasteiger partial charge in [0.1, 0.15) is 5.15 Å². The van der Waals surface area contributed by atoms with Crippen LogP contribution >= 0.6 is 27.5 Å². The van der Waals surface area contributed by atoms with Gasteiger partial charge < -0.3 is 0 Å². The highest BCUT2D eigenvalue weighted by Gasteiger charge is 2.00. The molecule has 1 nitrogen and oxygen atoms in total. The molecule has 0 aromatic carbocycles. The van der Waals surface area contributed by atoms with Crippen LogP contribution in [0.2, 0.25) is 5.15 Å². The Hall–Kier alpha value is -0.150. The van der Waals surface area contributed by atoms with Crippen LogP contribution in [0.4, 0.5) is 4.39 Å². The summed E-state index contributed by atoms with van der Waals surface area (Å²) in [6.45, 7) is 0. The number of pyridine rings is 1. The van der Waals surface area contributed by atoms with E-state index in [0.29, 0.717) is 5.33 Å². The quantitative estimate of drug-likeness (QED) is 0.528. The van der Waals surface area contributed by atoms with Gasteiger partial charge >= 0.3 is 0 Å². The molecule has 10 heavy (non-hydrogen) atoms. The molecular formula is C6H4BrClFN. The maximum absolute atomic E-state index is 12.3. The van der Waals surface area contributed by atoms with Crippen molar-refractivity contribution in [1.29, 1.82) is 0 Å². The molecule has 1 heterocycles. The molecule has 0 saturated carbocycles. The van der Waals surface area contributed by atoms with Gasteiger partial charge in [0.2, 0.25) is 5.95 Å². The number of nitrogens with zero attached hydrogens (tertiary/aromatic N) is 1. The smallest absolute Gasteiger partial charge is 0.207 e. The fraction of sp³-hybridized carbons (Fsp3) is 0.167. The summed E-state index contributed by atoms with van der Waals surface area (Å²) >= 11 is 8.73. The predicted octanol–water partition coefficient (Wildman–Crippen LogP) is 2.77. The summed E-state index contributed by atoms with van der Waals surface area (Å²) in [6.07, 6.45) is 0. The van der Waals surface area contributed by atoms with Crippen LogP contribution in [0.3, 0.4) is 0 Å². The van der Waals surface area contributed by atoms with Crippen molar-refractivity contribution in [1.82, 2.24) is 4.98 Å². The Morgan fingerprint density at radius 2 is 2.30 bits per heavy atom. The minimum absolute atomic E-state index is 0.219. The largest absolute Gasteiger partial charge is 0.214 e. The molecule has 1 rings (SSSR count). The Kier molecular flexibility index (Phi) is 2.63. The van der Waals surface area contributed by atoms with E-state index in [1.54, 1.807) is 6.07 Å². The van der Waals surface area contributed by atoms with Gasteiger partial charge in [0.05, 0.1) is 0 Å². The Balaban J connectivity index is 3.07. The van der Waals surface area contributed by atoms with Crippen LogP contribution in [0.1, 0.15) is 5.56 Å². The van der Waals surface area contributed by atoms with Gasteiger partial charge in [-0.05, 0) is 6.07 Å². The molecule has 4 heteroatoms. The lowest BCUT2D eigenvalue weighted by Gasteiger charge is -1.96. The van der Waals surface area contributed by atoms with Crippen LogP contribution in [0.25, 0.3) is 0 Å². The van der Waals surface area contributed by atoms with Crippen LogP contribution in [0.5, 0.6) is 0 Å². The van der Waals surface area contributed by atoms with E-state index in [2.05, 4.69) is 20.9 Å². The zero-order chi connectivity index (χ0) is 7.56. The summed E-state index contributed by atoms with van der Waals surface area (Å²) in [7, 11) is 0. The standard InChI is InChI=1S/C6H4BrClFN/c7-3-4-1-2-5(9)10-6(4)8/h1-2H,3H2. The van der Waals surface area contributed by atoms with Gasteiger partial charge in [-0.25, -0.2) is 4.98 Å². The molecule has 0 bridgehead atoms. The zero-order valence-electron chi connectivity index (χ0n) is 4.94. The predicted molar refractivity (Wildman–Crippen MR) is 41.8 cm³/mol. The van der Waals surface area contributed by atoms with Crippen LogP contribution in [0.15, 0.2) is 12.1 Å². The molecule has 0 radical (unpaired) electrons. The topological polar surface area (TPSA) is 12.9 Å². The Labute approximate surface area is 71.4 Å². The van der Waals surface area contributed by atoms with Gasteiger partial charge in [-0.2, -0.15) is 4.39 Å². The average molecular weight is 224 g/mol. The fourth-order valence-electron chi connectivity index (χ4n) is 0.541. The Morgan fingerprint density at radius 1 is 1.60 bits per heavy atom. The average Bonchev–Trinajstić information content (AvgIpc) is 1.88. The molecule has 0 N–H and O–H groups in total. The third-order valence-corrected chi connectivity index (χ3v) is 1.97. The van der Waals surface area contributed by atoms with E-state index < -0.39 is 5.95 Å². The van der Waals surface area contributed by atoms with Gasteiger partial charge in [0.25, 0.3) is 0 Å². The van der Waals surface area contributed by atoms with Crippen molar-refractivity contribution < 1.29 is 4.39 Å². The Morgan fingerprint density at radius 3 is 2.80 bits per heavy atom. The van der Waals surface area contributed by atoms with Crippen LogP contribution in [-0.2, 0) is 5.33 Å². The van der Waals surface area contributed by atoms with Crippen LogP contribution < -0.4 is 0 Å². The third-order valence-electron chi connectivity index (χ3n) is 1.04. The molecule has 0 spiro atoms. The highest BCUT2D eigenvalue weighted by atomic mass is 79.9. The lowest BCUT2D eigenvalue weighted by molar-refractivity contribution is 0.583. The van der Waals surface area contributed by atoms with Gasteiger partial charge in [-0.1, -0.05) is 33.6 Å². The van der Waals surface area contributed by atoms with E-state index in [9.17, 15) is 4.39 Å². The van der Waals surface area contributed by atoms with Gasteiger partial charge in [-0.3, -0.25) is 0 Å². The molecule has 0 unspecified atom stereocenters. The summed E-state index contributed by atoms with van der Waals surface area (Å²) in [4.78, 5) is 3.41. The normalized spacial score (nSPS) is 9.90. The van der Waals surface area contributed by atoms with Crippen molar-refractivity contribution >= 4 is 27.5 Å². The van der Waals surface area contributed by atoms with Crippen molar-refractivity contribution in [3.05, 3.63) is 28.8 Å². The first kappa shape index (κ1) is 7.95. The first-order valence-corrected chi connectivity index (χ1v) is 4.11. The summed E-state index contributed by atoms with van der Waals surface area (Å²) in [5.74, 6) is -0.547. The van der Waals surface area contributed by atoms with E-state index in [4.69, 9.17) is 11.6 Å². The highest BCUT2D eigenvalue weighted by molar-refractivity contribution is 9.08. The molecule has 0 aliphatic carbocycles. The number of rotatable bonds is 1. The molecule has 0 fully saturated rings. The van der Waals surface area contributed by atoms with Crippen molar-refractivity contribution in [3.8, 4) is 0 Å². The zero-order valence-corrected chi connectivity index (χ0v) is 7.28. The molecule has 1 aromatic heterocycles. The molecule has 0 atom stereocenters. The number of aromatic nitrogens is 1. The number of halogens is 3. The third kappa shape index (κ3) is 1.67. The second-order valence-electron chi connectivity index (χ2n) is 1.72. The monoisotopic (exact) mass is 223 g/mol. The van der Waals surface area contributed by atoms with E-state index in [1.807, 2.05) is 0 Å². The SMILES string of the molecule is Fc1ccc(CBr)c(Cl)n1. The lowest BCUT2D eigenvalue weighted by atomic mass is 10.3. The number of alkyl halides is 1. The summed E-state index contributed by atoms with van der Waals surface area (Å²) in [5.41, 5.74) is 0.795. The second-order valence-corrected chi connectivity index (χ2v) is 2.64. The Bertz CT molecular complexity index is 241. The van der Waals surface area contributed by atoms with E-state index in [1.165, 1.54) is 6.07 Å². The molecular weight excluding hydrogens is 220 g/mol. The van der Waals surface area contributed by atoms with E-state index in [0.717, 1.165) is 5.56 Å². The fourth-order valence-corrected chi connectivity index (χ4v) is 1.37. The van der Waals surface area contributed by atoms with Crippen LogP contribution in [-0.4, -0.2) is 4.98 Å². The van der Waals surface area contributed by atoms with E-state index >= 15 is 0 Å². The molecule has 0 aliphatic heterocycles. The first-order chi connectivity index (χ1) is 4.74. The molecule has 0 aliphatic rings. The van der Waals surface area contributed by atoms with Crippen LogP contribution in [0, 0.1) is 5.95 Å². The molecule has 0 saturated heterocycles. The van der Waals surface area contributed by atoms with Crippen molar-refractivity contribution in [2.75, 3.05) is 0 Å². The minimum atomic E-state index is -0.547. The highest BCUT2D eigenvalue weighted by Crippen LogP contribution is 2.15. The van der Waals surface area contributed by atoms with E-state index in [-0.39, 0.29) is 5.15 Å². The van der Waals surface area contributed by atoms with Crippen molar-refractivity contribution in [2.45, 2.75) is 5.33 Å². The number of hydrogen-bond acceptors (Lipinski definition) is 1. The lowest BCUT2D eigenvalue weighted by Crippen LogP contribution is -1.87. The van der Waals surface area contributed by atoms with Crippen molar-refractivity contribution in [3.63, 3.8) is 0 Å². The molecule has 54 valence electrons. The second kappa shape index (κ2) is 3.30. The van der Waals surface area contributed by atoms with Gasteiger partial charge in [0.15, 0.2) is 0 Å².